The first-order valence-corrected chi connectivity index (χ1v) is 9.58. The summed E-state index contributed by atoms with van der Waals surface area (Å²) in [5.41, 5.74) is 7.39. The summed E-state index contributed by atoms with van der Waals surface area (Å²) in [6.45, 7) is 6.60. The van der Waals surface area contributed by atoms with Crippen molar-refractivity contribution in [1.29, 1.82) is 0 Å². The summed E-state index contributed by atoms with van der Waals surface area (Å²) in [4.78, 5) is 17.0. The number of nitrogens with two attached hydrogens (primary N) is 1. The molecule has 0 spiro atoms. The van der Waals surface area contributed by atoms with E-state index in [4.69, 9.17) is 10.5 Å². The van der Waals surface area contributed by atoms with Crippen LogP contribution in [0.3, 0.4) is 0 Å². The molecule has 1 atom stereocenters. The zero-order chi connectivity index (χ0) is 17.5. The van der Waals surface area contributed by atoms with Crippen molar-refractivity contribution in [2.45, 2.75) is 31.7 Å². The van der Waals surface area contributed by atoms with Crippen molar-refractivity contribution in [3.05, 3.63) is 35.9 Å². The van der Waals surface area contributed by atoms with E-state index in [9.17, 15) is 4.79 Å². The molecule has 5 heteroatoms. The van der Waals surface area contributed by atoms with Crippen molar-refractivity contribution in [3.8, 4) is 0 Å². The van der Waals surface area contributed by atoms with Crippen molar-refractivity contribution < 1.29 is 9.53 Å². The molecule has 5 nitrogen and oxygen atoms in total. The SMILES string of the molecule is N[C@@H](CC(=O)N1CCN(CC2CCOCC2)CC1)Cc1ccccc1. The molecular weight excluding hydrogens is 314 g/mol. The molecule has 2 aliphatic rings. The third-order valence-electron chi connectivity index (χ3n) is 5.36. The van der Waals surface area contributed by atoms with Gasteiger partial charge in [0, 0.05) is 58.4 Å². The summed E-state index contributed by atoms with van der Waals surface area (Å²) >= 11 is 0. The van der Waals surface area contributed by atoms with Crippen LogP contribution in [0, 0.1) is 5.92 Å². The Kier molecular flexibility index (Phi) is 6.84. The summed E-state index contributed by atoms with van der Waals surface area (Å²) in [6, 6.07) is 10.1. The number of carbonyl (C=O) groups excluding carboxylic acids is 1. The van der Waals surface area contributed by atoms with E-state index in [0.717, 1.165) is 58.3 Å². The fourth-order valence-corrected chi connectivity index (χ4v) is 3.82. The van der Waals surface area contributed by atoms with Gasteiger partial charge >= 0.3 is 0 Å². The normalized spacial score (nSPS) is 21.2. The Morgan fingerprint density at radius 2 is 1.80 bits per heavy atom. The Bertz CT molecular complexity index is 523. The number of rotatable bonds is 6. The summed E-state index contributed by atoms with van der Waals surface area (Å²) < 4.78 is 5.43. The monoisotopic (exact) mass is 345 g/mol. The van der Waals surface area contributed by atoms with E-state index in [2.05, 4.69) is 17.0 Å². The van der Waals surface area contributed by atoms with Crippen LogP contribution in [0.15, 0.2) is 30.3 Å². The van der Waals surface area contributed by atoms with Gasteiger partial charge in [0.1, 0.15) is 0 Å². The number of ether oxygens (including phenoxy) is 1. The minimum absolute atomic E-state index is 0.102. The summed E-state index contributed by atoms with van der Waals surface area (Å²) in [5, 5.41) is 0. The van der Waals surface area contributed by atoms with Crippen molar-refractivity contribution in [1.82, 2.24) is 9.80 Å². The second kappa shape index (κ2) is 9.32. The fourth-order valence-electron chi connectivity index (χ4n) is 3.82. The van der Waals surface area contributed by atoms with Crippen LogP contribution in [-0.2, 0) is 16.0 Å². The number of carbonyl (C=O) groups is 1. The summed E-state index contributed by atoms with van der Waals surface area (Å²) in [7, 11) is 0. The molecule has 2 saturated heterocycles. The van der Waals surface area contributed by atoms with Gasteiger partial charge in [0.05, 0.1) is 0 Å². The van der Waals surface area contributed by atoms with Crippen molar-refractivity contribution in [2.75, 3.05) is 45.9 Å². The van der Waals surface area contributed by atoms with Crippen molar-refractivity contribution in [3.63, 3.8) is 0 Å². The van der Waals surface area contributed by atoms with Gasteiger partial charge in [-0.3, -0.25) is 9.69 Å². The van der Waals surface area contributed by atoms with Gasteiger partial charge in [-0.05, 0) is 30.7 Å². The van der Waals surface area contributed by atoms with Gasteiger partial charge in [0.15, 0.2) is 0 Å². The number of piperazine rings is 1. The molecule has 0 aliphatic carbocycles. The molecule has 25 heavy (non-hydrogen) atoms. The minimum atomic E-state index is -0.102. The number of hydrogen-bond donors (Lipinski definition) is 1. The summed E-state index contributed by atoms with van der Waals surface area (Å²) in [5.74, 6) is 0.962. The van der Waals surface area contributed by atoms with Crippen LogP contribution < -0.4 is 5.73 Å². The lowest BCUT2D eigenvalue weighted by atomic mass is 9.99. The highest BCUT2D eigenvalue weighted by atomic mass is 16.5. The van der Waals surface area contributed by atoms with Gasteiger partial charge in [-0.2, -0.15) is 0 Å². The predicted octanol–water partition coefficient (Wildman–Crippen LogP) is 1.52. The smallest absolute Gasteiger partial charge is 0.224 e. The lowest BCUT2D eigenvalue weighted by Gasteiger charge is -2.37. The lowest BCUT2D eigenvalue weighted by molar-refractivity contribution is -0.133. The number of hydrogen-bond acceptors (Lipinski definition) is 4. The van der Waals surface area contributed by atoms with Gasteiger partial charge in [0.25, 0.3) is 0 Å². The highest BCUT2D eigenvalue weighted by Gasteiger charge is 2.24. The Morgan fingerprint density at radius 3 is 2.48 bits per heavy atom. The average Bonchev–Trinajstić information content (AvgIpc) is 2.64. The van der Waals surface area contributed by atoms with Gasteiger partial charge in [-0.25, -0.2) is 0 Å². The van der Waals surface area contributed by atoms with E-state index >= 15 is 0 Å². The first kappa shape index (κ1) is 18.4. The van der Waals surface area contributed by atoms with Crippen LogP contribution in [0.1, 0.15) is 24.8 Å². The zero-order valence-corrected chi connectivity index (χ0v) is 15.1. The van der Waals surface area contributed by atoms with Crippen molar-refractivity contribution in [2.24, 2.45) is 11.7 Å². The molecule has 0 unspecified atom stereocenters. The van der Waals surface area contributed by atoms with Crippen LogP contribution >= 0.6 is 0 Å². The molecule has 0 saturated carbocycles. The first-order chi connectivity index (χ1) is 12.2. The molecule has 2 N–H and O–H groups in total. The Labute approximate surface area is 151 Å². The molecule has 2 aliphatic heterocycles. The quantitative estimate of drug-likeness (QED) is 0.849. The molecular formula is C20H31N3O2. The topological polar surface area (TPSA) is 58.8 Å². The number of benzene rings is 1. The first-order valence-electron chi connectivity index (χ1n) is 9.58. The van der Waals surface area contributed by atoms with E-state index in [1.807, 2.05) is 23.1 Å². The van der Waals surface area contributed by atoms with Crippen molar-refractivity contribution >= 4 is 5.91 Å². The largest absolute Gasteiger partial charge is 0.381 e. The van der Waals surface area contributed by atoms with E-state index in [-0.39, 0.29) is 11.9 Å². The van der Waals surface area contributed by atoms with Gasteiger partial charge < -0.3 is 15.4 Å². The molecule has 0 bridgehead atoms. The van der Waals surface area contributed by atoms with Crippen LogP contribution in [0.5, 0.6) is 0 Å². The molecule has 1 aromatic rings. The predicted molar refractivity (Wildman–Crippen MR) is 99.3 cm³/mol. The molecule has 1 aromatic carbocycles. The minimum Gasteiger partial charge on any atom is -0.381 e. The van der Waals surface area contributed by atoms with Crippen LogP contribution in [0.25, 0.3) is 0 Å². The van der Waals surface area contributed by atoms with Crippen LogP contribution in [-0.4, -0.2) is 67.7 Å². The van der Waals surface area contributed by atoms with E-state index < -0.39 is 0 Å². The Hall–Kier alpha value is -1.43. The van der Waals surface area contributed by atoms with Gasteiger partial charge in [-0.1, -0.05) is 30.3 Å². The third kappa shape index (κ3) is 5.80. The lowest BCUT2D eigenvalue weighted by Crippen LogP contribution is -2.51. The molecule has 1 amide bonds. The van der Waals surface area contributed by atoms with Crippen LogP contribution in [0.4, 0.5) is 0 Å². The highest BCUT2D eigenvalue weighted by molar-refractivity contribution is 5.77. The van der Waals surface area contributed by atoms with E-state index in [1.54, 1.807) is 0 Å². The maximum absolute atomic E-state index is 12.5. The molecule has 2 heterocycles. The molecule has 0 aromatic heterocycles. The standard InChI is InChI=1S/C20H31N3O2/c21-19(14-17-4-2-1-3-5-17)15-20(24)23-10-8-22(9-11-23)16-18-6-12-25-13-7-18/h1-5,18-19H,6-16,21H2/t19-/m1/s1. The maximum Gasteiger partial charge on any atom is 0.224 e. The number of amides is 1. The van der Waals surface area contributed by atoms with Gasteiger partial charge in [-0.15, -0.1) is 0 Å². The Morgan fingerprint density at radius 1 is 1.12 bits per heavy atom. The maximum atomic E-state index is 12.5. The van der Waals surface area contributed by atoms with Crippen LogP contribution in [0.2, 0.25) is 0 Å². The third-order valence-corrected chi connectivity index (χ3v) is 5.36. The second-order valence-corrected chi connectivity index (χ2v) is 7.39. The van der Waals surface area contributed by atoms with Gasteiger partial charge in [0.2, 0.25) is 5.91 Å². The van der Waals surface area contributed by atoms with E-state index in [1.165, 1.54) is 18.4 Å². The average molecular weight is 345 g/mol. The molecule has 0 radical (unpaired) electrons. The summed E-state index contributed by atoms with van der Waals surface area (Å²) in [6.07, 6.45) is 3.55. The number of nitrogens with zero attached hydrogens (tertiary/aromatic N) is 2. The van der Waals surface area contributed by atoms with E-state index in [0.29, 0.717) is 6.42 Å². The second-order valence-electron chi connectivity index (χ2n) is 7.39. The fraction of sp³-hybridized carbons (Fsp3) is 0.650. The highest BCUT2D eigenvalue weighted by Crippen LogP contribution is 2.17. The Balaban J connectivity index is 1.37. The molecule has 3 rings (SSSR count). The molecule has 2 fully saturated rings. The molecule has 138 valence electrons. The zero-order valence-electron chi connectivity index (χ0n) is 15.1.